The molecular formula is C40H24N6S. The average molecular weight is 621 g/mol. The molecule has 0 aliphatic heterocycles. The van der Waals surface area contributed by atoms with Crippen molar-refractivity contribution in [3.63, 3.8) is 0 Å². The van der Waals surface area contributed by atoms with Gasteiger partial charge in [0.1, 0.15) is 6.33 Å². The van der Waals surface area contributed by atoms with Crippen LogP contribution in [0.15, 0.2) is 146 Å². The summed E-state index contributed by atoms with van der Waals surface area (Å²) in [7, 11) is 0. The summed E-state index contributed by atoms with van der Waals surface area (Å²) in [5.74, 6) is 1.89. The van der Waals surface area contributed by atoms with Gasteiger partial charge < -0.3 is 0 Å². The third-order valence-corrected chi connectivity index (χ3v) is 9.36. The Labute approximate surface area is 274 Å². The van der Waals surface area contributed by atoms with Crippen LogP contribution in [-0.4, -0.2) is 29.9 Å². The minimum Gasteiger partial charge on any atom is -0.256 e. The molecule has 0 N–H and O–H groups in total. The third-order valence-electron chi connectivity index (χ3n) is 8.30. The van der Waals surface area contributed by atoms with Gasteiger partial charge in [0.2, 0.25) is 0 Å². The molecule has 4 heterocycles. The van der Waals surface area contributed by atoms with Gasteiger partial charge in [0, 0.05) is 50.1 Å². The lowest BCUT2D eigenvalue weighted by Crippen LogP contribution is -2.00. The van der Waals surface area contributed by atoms with Crippen LogP contribution in [0.2, 0.25) is 0 Å². The molecule has 7 heteroatoms. The first-order valence-corrected chi connectivity index (χ1v) is 16.1. The Morgan fingerprint density at radius 1 is 0.447 bits per heavy atom. The molecule has 5 aromatic carbocycles. The summed E-state index contributed by atoms with van der Waals surface area (Å²) < 4.78 is 2.17. The number of benzene rings is 5. The number of hydrogen-bond donors (Lipinski definition) is 0. The van der Waals surface area contributed by atoms with E-state index in [2.05, 4.69) is 70.6 Å². The molecule has 0 radical (unpaired) electrons. The number of thiophene rings is 1. The Balaban J connectivity index is 1.23. The van der Waals surface area contributed by atoms with Gasteiger partial charge in [-0.05, 0) is 40.8 Å². The fraction of sp³-hybridized carbons (Fsp3) is 0. The van der Waals surface area contributed by atoms with E-state index in [-0.39, 0.29) is 0 Å². The van der Waals surface area contributed by atoms with Crippen molar-refractivity contribution in [3.05, 3.63) is 146 Å². The minimum absolute atomic E-state index is 0.620. The number of nitrogens with zero attached hydrogens (tertiary/aromatic N) is 6. The van der Waals surface area contributed by atoms with Gasteiger partial charge in [-0.15, -0.1) is 11.3 Å². The largest absolute Gasteiger partial charge is 0.256 e. The van der Waals surface area contributed by atoms with Crippen LogP contribution < -0.4 is 0 Å². The quantitative estimate of drug-likeness (QED) is 0.191. The zero-order valence-corrected chi connectivity index (χ0v) is 25.8. The van der Waals surface area contributed by atoms with E-state index in [0.29, 0.717) is 17.5 Å². The first kappa shape index (κ1) is 27.2. The first-order chi connectivity index (χ1) is 23.3. The van der Waals surface area contributed by atoms with E-state index in [0.717, 1.165) is 70.1 Å². The number of pyridine rings is 1. The zero-order chi connectivity index (χ0) is 31.2. The topological polar surface area (TPSA) is 77.3 Å². The molecule has 9 aromatic rings. The van der Waals surface area contributed by atoms with Gasteiger partial charge in [-0.2, -0.15) is 0 Å². The molecule has 47 heavy (non-hydrogen) atoms. The Kier molecular flexibility index (Phi) is 6.54. The van der Waals surface area contributed by atoms with E-state index in [1.807, 2.05) is 79.1 Å². The molecule has 0 amide bonds. The summed E-state index contributed by atoms with van der Waals surface area (Å²) in [6.45, 7) is 0. The van der Waals surface area contributed by atoms with Crippen molar-refractivity contribution in [2.75, 3.05) is 0 Å². The molecule has 4 aromatic heterocycles. The van der Waals surface area contributed by atoms with E-state index in [4.69, 9.17) is 19.9 Å². The highest BCUT2D eigenvalue weighted by Crippen LogP contribution is 2.42. The van der Waals surface area contributed by atoms with Crippen molar-refractivity contribution in [2.45, 2.75) is 0 Å². The highest BCUT2D eigenvalue weighted by molar-refractivity contribution is 7.25. The molecule has 0 aliphatic rings. The summed E-state index contributed by atoms with van der Waals surface area (Å²) in [6.07, 6.45) is 5.45. The Bertz CT molecular complexity index is 2520. The Morgan fingerprint density at radius 2 is 1.09 bits per heavy atom. The number of rotatable bonds is 5. The van der Waals surface area contributed by atoms with Crippen LogP contribution in [0.25, 0.3) is 87.6 Å². The Morgan fingerprint density at radius 3 is 1.83 bits per heavy atom. The van der Waals surface area contributed by atoms with Gasteiger partial charge in [0.15, 0.2) is 17.5 Å². The minimum atomic E-state index is 0.620. The van der Waals surface area contributed by atoms with Crippen molar-refractivity contribution in [2.24, 2.45) is 0 Å². The second kappa shape index (κ2) is 11.3. The standard InChI is InChI=1S/C40H24N6S/c1-3-10-25(11-4-1)38-44-39(26-12-5-2-6-13-26)46-40(45-38)29-17-9-16-27(18-29)31-19-32(33-20-28-14-7-8-15-30(28)22-42-33)36-34(21-31)47-35-23-41-24-43-37(35)36/h1-24H. The highest BCUT2D eigenvalue weighted by Gasteiger charge is 2.17. The van der Waals surface area contributed by atoms with Crippen LogP contribution in [0.5, 0.6) is 0 Å². The molecule has 0 unspecified atom stereocenters. The predicted octanol–water partition coefficient (Wildman–Crippen LogP) is 9.91. The van der Waals surface area contributed by atoms with Crippen LogP contribution >= 0.6 is 11.3 Å². The molecule has 0 spiro atoms. The predicted molar refractivity (Wildman–Crippen MR) is 191 cm³/mol. The highest BCUT2D eigenvalue weighted by atomic mass is 32.1. The van der Waals surface area contributed by atoms with Crippen molar-refractivity contribution in [1.29, 1.82) is 0 Å². The summed E-state index contributed by atoms with van der Waals surface area (Å²) in [6, 6.07) is 43.4. The third kappa shape index (κ3) is 4.99. The summed E-state index contributed by atoms with van der Waals surface area (Å²) in [4.78, 5) is 28.7. The van der Waals surface area contributed by atoms with Crippen molar-refractivity contribution < 1.29 is 0 Å². The van der Waals surface area contributed by atoms with E-state index >= 15 is 0 Å². The Hall–Kier alpha value is -6.18. The lowest BCUT2D eigenvalue weighted by atomic mass is 9.96. The van der Waals surface area contributed by atoms with E-state index < -0.39 is 0 Å². The lowest BCUT2D eigenvalue weighted by Gasteiger charge is -2.11. The smallest absolute Gasteiger partial charge is 0.164 e. The SMILES string of the molecule is c1ccc(-c2nc(-c3ccccc3)nc(-c3cccc(-c4cc(-c5cc6ccccc6cn5)c5c(c4)sc4cncnc45)c3)n2)cc1. The lowest BCUT2D eigenvalue weighted by molar-refractivity contribution is 1.07. The maximum Gasteiger partial charge on any atom is 0.164 e. The monoisotopic (exact) mass is 620 g/mol. The van der Waals surface area contributed by atoms with Gasteiger partial charge in [0.25, 0.3) is 0 Å². The molecule has 9 rings (SSSR count). The first-order valence-electron chi connectivity index (χ1n) is 15.3. The van der Waals surface area contributed by atoms with Gasteiger partial charge in [-0.3, -0.25) is 4.98 Å². The fourth-order valence-corrected chi connectivity index (χ4v) is 7.11. The van der Waals surface area contributed by atoms with E-state index in [1.54, 1.807) is 17.7 Å². The van der Waals surface area contributed by atoms with Gasteiger partial charge >= 0.3 is 0 Å². The van der Waals surface area contributed by atoms with Gasteiger partial charge in [-0.1, -0.05) is 103 Å². The van der Waals surface area contributed by atoms with Crippen LogP contribution in [0.3, 0.4) is 0 Å². The second-order valence-electron chi connectivity index (χ2n) is 11.3. The van der Waals surface area contributed by atoms with Crippen molar-refractivity contribution in [3.8, 4) is 56.5 Å². The molecule has 0 bridgehead atoms. The maximum atomic E-state index is 4.96. The number of hydrogen-bond acceptors (Lipinski definition) is 7. The maximum absolute atomic E-state index is 4.96. The van der Waals surface area contributed by atoms with Gasteiger partial charge in [-0.25, -0.2) is 24.9 Å². The average Bonchev–Trinajstić information content (AvgIpc) is 3.53. The van der Waals surface area contributed by atoms with E-state index in [9.17, 15) is 0 Å². The number of fused-ring (bicyclic) bond motifs is 4. The van der Waals surface area contributed by atoms with Crippen molar-refractivity contribution in [1.82, 2.24) is 29.9 Å². The van der Waals surface area contributed by atoms with E-state index in [1.165, 1.54) is 0 Å². The van der Waals surface area contributed by atoms with Crippen LogP contribution in [0.1, 0.15) is 0 Å². The molecule has 220 valence electrons. The van der Waals surface area contributed by atoms with Crippen LogP contribution in [0.4, 0.5) is 0 Å². The summed E-state index contributed by atoms with van der Waals surface area (Å²) in [5, 5.41) is 3.34. The summed E-state index contributed by atoms with van der Waals surface area (Å²) >= 11 is 1.70. The molecular weight excluding hydrogens is 597 g/mol. The van der Waals surface area contributed by atoms with Crippen LogP contribution in [0, 0.1) is 0 Å². The molecule has 0 saturated heterocycles. The molecule has 0 atom stereocenters. The number of aromatic nitrogens is 6. The molecule has 6 nitrogen and oxygen atoms in total. The molecule has 0 saturated carbocycles. The molecule has 0 fully saturated rings. The van der Waals surface area contributed by atoms with Crippen molar-refractivity contribution >= 4 is 42.4 Å². The summed E-state index contributed by atoms with van der Waals surface area (Å²) in [5.41, 5.74) is 7.80. The van der Waals surface area contributed by atoms with Gasteiger partial charge in [0.05, 0.1) is 15.9 Å². The fourth-order valence-electron chi connectivity index (χ4n) is 6.01. The zero-order valence-electron chi connectivity index (χ0n) is 24.9. The van der Waals surface area contributed by atoms with Crippen LogP contribution in [-0.2, 0) is 0 Å². The second-order valence-corrected chi connectivity index (χ2v) is 12.4. The molecule has 0 aliphatic carbocycles. The normalized spacial score (nSPS) is 11.4.